The van der Waals surface area contributed by atoms with Gasteiger partial charge in [-0.15, -0.1) is 0 Å². The van der Waals surface area contributed by atoms with Crippen molar-refractivity contribution < 1.29 is 9.90 Å². The maximum absolute atomic E-state index is 10.7. The van der Waals surface area contributed by atoms with Crippen LogP contribution in [0.5, 0.6) is 0 Å². The molecule has 0 saturated carbocycles. The van der Waals surface area contributed by atoms with Crippen molar-refractivity contribution in [2.24, 2.45) is 0 Å². The van der Waals surface area contributed by atoms with Crippen LogP contribution in [0.25, 0.3) is 0 Å². The van der Waals surface area contributed by atoms with Crippen LogP contribution in [0.3, 0.4) is 0 Å². The predicted molar refractivity (Wildman–Crippen MR) is 62.6 cm³/mol. The van der Waals surface area contributed by atoms with Crippen molar-refractivity contribution in [3.8, 4) is 0 Å². The molecule has 90 valence electrons. The van der Waals surface area contributed by atoms with Gasteiger partial charge in [0, 0.05) is 18.1 Å². The van der Waals surface area contributed by atoms with Gasteiger partial charge < -0.3 is 15.7 Å². The number of carbonyl (C=O) groups is 1. The zero-order chi connectivity index (χ0) is 12.3. The molecule has 0 saturated heterocycles. The molecule has 3 N–H and O–H groups in total. The monoisotopic (exact) mass is 233 g/mol. The predicted octanol–water partition coefficient (Wildman–Crippen LogP) is 0.454. The summed E-state index contributed by atoms with van der Waals surface area (Å²) >= 11 is 0. The number of aldehydes is 1. The third-order valence-electron chi connectivity index (χ3n) is 2.75. The standard InChI is InChI=1S/C12H15N3O2/c1-2-9-11(15-10(7-16)14-9)12(17)8-3-5-13-6-4-8/h3-7,10,12,14-15,17H,2H2,1H3. The van der Waals surface area contributed by atoms with Crippen molar-refractivity contribution in [2.45, 2.75) is 25.6 Å². The van der Waals surface area contributed by atoms with E-state index in [2.05, 4.69) is 15.6 Å². The first kappa shape index (κ1) is 11.6. The van der Waals surface area contributed by atoms with Crippen LogP contribution in [0.4, 0.5) is 0 Å². The van der Waals surface area contributed by atoms with Crippen LogP contribution in [-0.4, -0.2) is 22.5 Å². The average Bonchev–Trinajstić information content (AvgIpc) is 2.82. The van der Waals surface area contributed by atoms with Crippen LogP contribution in [0.1, 0.15) is 25.0 Å². The van der Waals surface area contributed by atoms with Crippen LogP contribution in [0.2, 0.25) is 0 Å². The number of hydrogen-bond acceptors (Lipinski definition) is 5. The first-order valence-electron chi connectivity index (χ1n) is 5.55. The molecule has 5 nitrogen and oxygen atoms in total. The minimum absolute atomic E-state index is 0.448. The molecule has 0 radical (unpaired) electrons. The van der Waals surface area contributed by atoms with E-state index in [1.807, 2.05) is 6.92 Å². The van der Waals surface area contributed by atoms with E-state index in [9.17, 15) is 9.90 Å². The number of hydrogen-bond donors (Lipinski definition) is 3. The lowest BCUT2D eigenvalue weighted by Crippen LogP contribution is -2.34. The van der Waals surface area contributed by atoms with Crippen molar-refractivity contribution in [3.05, 3.63) is 41.5 Å². The number of pyridine rings is 1. The van der Waals surface area contributed by atoms with Gasteiger partial charge in [-0.3, -0.25) is 9.78 Å². The summed E-state index contributed by atoms with van der Waals surface area (Å²) in [6.07, 6.45) is 3.56. The van der Waals surface area contributed by atoms with Crippen LogP contribution >= 0.6 is 0 Å². The Balaban J connectivity index is 2.24. The van der Waals surface area contributed by atoms with Crippen molar-refractivity contribution in [2.75, 3.05) is 0 Å². The number of allylic oxidation sites excluding steroid dienone is 1. The molecule has 0 aromatic carbocycles. The second-order valence-electron chi connectivity index (χ2n) is 3.83. The van der Waals surface area contributed by atoms with E-state index in [0.717, 1.165) is 24.0 Å². The summed E-state index contributed by atoms with van der Waals surface area (Å²) in [6.45, 7) is 1.97. The molecule has 2 atom stereocenters. The van der Waals surface area contributed by atoms with Gasteiger partial charge in [0.15, 0.2) is 12.5 Å². The molecule has 0 bridgehead atoms. The summed E-state index contributed by atoms with van der Waals surface area (Å²) in [6, 6.07) is 3.50. The molecule has 1 aliphatic rings. The number of nitrogens with zero attached hydrogens (tertiary/aromatic N) is 1. The summed E-state index contributed by atoms with van der Waals surface area (Å²) in [5.74, 6) is 0. The Bertz CT molecular complexity index is 431. The van der Waals surface area contributed by atoms with Crippen LogP contribution < -0.4 is 10.6 Å². The largest absolute Gasteiger partial charge is 0.382 e. The summed E-state index contributed by atoms with van der Waals surface area (Å²) in [4.78, 5) is 14.6. The lowest BCUT2D eigenvalue weighted by molar-refractivity contribution is -0.109. The molecular weight excluding hydrogens is 218 g/mol. The third kappa shape index (κ3) is 2.29. The van der Waals surface area contributed by atoms with E-state index in [1.165, 1.54) is 0 Å². The highest BCUT2D eigenvalue weighted by molar-refractivity contribution is 5.60. The second kappa shape index (κ2) is 4.97. The van der Waals surface area contributed by atoms with Crippen LogP contribution in [0, 0.1) is 0 Å². The molecule has 2 heterocycles. The Labute approximate surface area is 99.6 Å². The fourth-order valence-corrected chi connectivity index (χ4v) is 1.87. The molecular formula is C12H15N3O2. The highest BCUT2D eigenvalue weighted by atomic mass is 16.3. The van der Waals surface area contributed by atoms with E-state index >= 15 is 0 Å². The van der Waals surface area contributed by atoms with Gasteiger partial charge in [-0.25, -0.2) is 0 Å². The van der Waals surface area contributed by atoms with Gasteiger partial charge in [-0.05, 0) is 24.1 Å². The molecule has 2 rings (SSSR count). The van der Waals surface area contributed by atoms with Crippen molar-refractivity contribution in [3.63, 3.8) is 0 Å². The Morgan fingerprint density at radius 2 is 2.18 bits per heavy atom. The van der Waals surface area contributed by atoms with Crippen LogP contribution in [0.15, 0.2) is 35.9 Å². The van der Waals surface area contributed by atoms with Gasteiger partial charge in [-0.2, -0.15) is 0 Å². The van der Waals surface area contributed by atoms with Gasteiger partial charge in [-0.1, -0.05) is 6.92 Å². The lowest BCUT2D eigenvalue weighted by Gasteiger charge is -2.14. The molecule has 2 unspecified atom stereocenters. The highest BCUT2D eigenvalue weighted by Gasteiger charge is 2.26. The maximum Gasteiger partial charge on any atom is 0.162 e. The SMILES string of the molecule is CCC1=C(C(O)c2ccncc2)NC(C=O)N1. The Morgan fingerprint density at radius 3 is 2.76 bits per heavy atom. The normalized spacial score (nSPS) is 20.7. The topological polar surface area (TPSA) is 74.2 Å². The number of nitrogens with one attached hydrogen (secondary N) is 2. The molecule has 5 heteroatoms. The molecule has 0 fully saturated rings. The van der Waals surface area contributed by atoms with Gasteiger partial charge in [0.25, 0.3) is 0 Å². The quantitative estimate of drug-likeness (QED) is 0.659. The summed E-state index contributed by atoms with van der Waals surface area (Å²) < 4.78 is 0. The molecule has 0 spiro atoms. The molecule has 1 aromatic heterocycles. The summed E-state index contributed by atoms with van der Waals surface area (Å²) in [5.41, 5.74) is 2.28. The Morgan fingerprint density at radius 1 is 1.47 bits per heavy atom. The minimum atomic E-state index is -0.759. The van der Waals surface area contributed by atoms with Crippen LogP contribution in [-0.2, 0) is 4.79 Å². The van der Waals surface area contributed by atoms with Crippen molar-refractivity contribution in [1.29, 1.82) is 0 Å². The summed E-state index contributed by atoms with van der Waals surface area (Å²) in [5, 5.41) is 16.2. The number of aromatic nitrogens is 1. The Kier molecular flexibility index (Phi) is 3.39. The van der Waals surface area contributed by atoms with E-state index in [4.69, 9.17) is 0 Å². The van der Waals surface area contributed by atoms with Gasteiger partial charge >= 0.3 is 0 Å². The molecule has 0 amide bonds. The van der Waals surface area contributed by atoms with Gasteiger partial charge in [0.2, 0.25) is 0 Å². The molecule has 1 aromatic rings. The zero-order valence-electron chi connectivity index (χ0n) is 9.55. The molecule has 1 aliphatic heterocycles. The van der Waals surface area contributed by atoms with Crippen molar-refractivity contribution in [1.82, 2.24) is 15.6 Å². The maximum atomic E-state index is 10.7. The zero-order valence-corrected chi connectivity index (χ0v) is 9.55. The van der Waals surface area contributed by atoms with E-state index < -0.39 is 12.3 Å². The van der Waals surface area contributed by atoms with E-state index in [0.29, 0.717) is 5.70 Å². The number of carbonyl (C=O) groups excluding carboxylic acids is 1. The highest BCUT2D eigenvalue weighted by Crippen LogP contribution is 2.25. The van der Waals surface area contributed by atoms with Gasteiger partial charge in [0.1, 0.15) is 6.10 Å². The second-order valence-corrected chi connectivity index (χ2v) is 3.83. The fraction of sp³-hybridized carbons (Fsp3) is 0.333. The third-order valence-corrected chi connectivity index (χ3v) is 2.75. The average molecular weight is 233 g/mol. The Hall–Kier alpha value is -1.88. The van der Waals surface area contributed by atoms with E-state index in [-0.39, 0.29) is 0 Å². The first-order chi connectivity index (χ1) is 8.26. The number of aliphatic hydroxyl groups is 1. The van der Waals surface area contributed by atoms with Gasteiger partial charge in [0.05, 0.1) is 5.70 Å². The molecule has 0 aliphatic carbocycles. The van der Waals surface area contributed by atoms with Crippen molar-refractivity contribution >= 4 is 6.29 Å². The number of aliphatic hydroxyl groups excluding tert-OH is 1. The minimum Gasteiger partial charge on any atom is -0.382 e. The lowest BCUT2D eigenvalue weighted by atomic mass is 10.1. The summed E-state index contributed by atoms with van der Waals surface area (Å²) in [7, 11) is 0. The number of rotatable bonds is 4. The first-order valence-corrected chi connectivity index (χ1v) is 5.55. The molecule has 17 heavy (non-hydrogen) atoms. The fourth-order valence-electron chi connectivity index (χ4n) is 1.87. The van der Waals surface area contributed by atoms with E-state index in [1.54, 1.807) is 24.5 Å². The smallest absolute Gasteiger partial charge is 0.162 e.